The maximum Gasteiger partial charge on any atom is 0.349 e. The van der Waals surface area contributed by atoms with Gasteiger partial charge in [0.1, 0.15) is 24.7 Å². The highest BCUT2D eigenvalue weighted by Gasteiger charge is 2.40. The van der Waals surface area contributed by atoms with Crippen LogP contribution in [0.1, 0.15) is 44.4 Å². The molecule has 2 amide bonds. The van der Waals surface area contributed by atoms with Crippen molar-refractivity contribution in [2.45, 2.75) is 53.3 Å². The van der Waals surface area contributed by atoms with Crippen molar-refractivity contribution >= 4 is 19.6 Å². The van der Waals surface area contributed by atoms with Crippen LogP contribution in [0, 0.1) is 5.92 Å². The fourth-order valence-electron chi connectivity index (χ4n) is 4.35. The molecule has 202 valence electrons. The van der Waals surface area contributed by atoms with Crippen LogP contribution < -0.4 is 0 Å². The lowest BCUT2D eigenvalue weighted by Gasteiger charge is -2.39. The van der Waals surface area contributed by atoms with E-state index < -0.39 is 25.6 Å². The number of aromatic hydroxyl groups is 1. The first-order valence-electron chi connectivity index (χ1n) is 12.6. The maximum absolute atomic E-state index is 13.9. The lowest BCUT2D eigenvalue weighted by molar-refractivity contribution is -0.151. The molecule has 1 N–H and O–H groups in total. The number of ether oxygens (including phenoxy) is 1. The highest BCUT2D eigenvalue weighted by molar-refractivity contribution is 7.53. The summed E-state index contributed by atoms with van der Waals surface area (Å²) >= 11 is 0. The average Bonchev–Trinajstić information content (AvgIpc) is 2.86. The van der Waals surface area contributed by atoms with Gasteiger partial charge in [-0.05, 0) is 48.6 Å². The Balaban J connectivity index is 1.90. The smallest absolute Gasteiger partial charge is 0.349 e. The van der Waals surface area contributed by atoms with Crippen LogP contribution >= 0.6 is 7.60 Å². The lowest BCUT2D eigenvalue weighted by atomic mass is 9.94. The van der Waals surface area contributed by atoms with Gasteiger partial charge in [0.15, 0.2) is 0 Å². The number of phenols is 1. The van der Waals surface area contributed by atoms with Crippen molar-refractivity contribution in [3.8, 4) is 5.75 Å². The number of amides is 2. The third kappa shape index (κ3) is 7.81. The van der Waals surface area contributed by atoms with Gasteiger partial charge in [0.05, 0.1) is 13.2 Å². The molecule has 1 unspecified atom stereocenters. The second kappa shape index (κ2) is 13.1. The van der Waals surface area contributed by atoms with Crippen molar-refractivity contribution in [2.24, 2.45) is 5.92 Å². The number of carbonyl (C=O) groups is 2. The van der Waals surface area contributed by atoms with Gasteiger partial charge in [-0.3, -0.25) is 4.57 Å². The summed E-state index contributed by atoms with van der Waals surface area (Å²) in [4.78, 5) is 30.2. The van der Waals surface area contributed by atoms with E-state index in [2.05, 4.69) is 0 Å². The van der Waals surface area contributed by atoms with Gasteiger partial charge in [-0.25, -0.2) is 9.59 Å². The number of urea groups is 1. The van der Waals surface area contributed by atoms with Crippen LogP contribution in [0.3, 0.4) is 0 Å². The first-order chi connectivity index (χ1) is 17.7. The van der Waals surface area contributed by atoms with Gasteiger partial charge in [-0.15, -0.1) is 0 Å². The predicted octanol–water partition coefficient (Wildman–Crippen LogP) is 5.16. The van der Waals surface area contributed by atoms with Crippen LogP contribution in [0.5, 0.6) is 5.75 Å². The molecule has 0 saturated carbocycles. The minimum atomic E-state index is -3.58. The molecule has 0 spiro atoms. The Morgan fingerprint density at radius 2 is 1.76 bits per heavy atom. The molecule has 9 nitrogen and oxygen atoms in total. The number of hydrogen-bond donors (Lipinski definition) is 1. The molecular formula is C27H37N2O7P. The van der Waals surface area contributed by atoms with E-state index in [1.807, 2.05) is 44.2 Å². The summed E-state index contributed by atoms with van der Waals surface area (Å²) in [6.07, 6.45) is -0.0381. The number of phenolic OH excluding ortho intramolecular Hbond substituents is 1. The van der Waals surface area contributed by atoms with Gasteiger partial charge in [-0.1, -0.05) is 50.2 Å². The van der Waals surface area contributed by atoms with Crippen LogP contribution in [0.4, 0.5) is 4.79 Å². The number of carbonyl (C=O) groups excluding carboxylic acids is 2. The van der Waals surface area contributed by atoms with E-state index in [1.165, 1.54) is 9.80 Å². The van der Waals surface area contributed by atoms with Crippen molar-refractivity contribution in [1.82, 2.24) is 9.80 Å². The van der Waals surface area contributed by atoms with Gasteiger partial charge < -0.3 is 28.7 Å². The Hall–Kier alpha value is -2.87. The van der Waals surface area contributed by atoms with E-state index in [0.717, 1.165) is 16.7 Å². The number of fused-ring (bicyclic) bond motifs is 1. The molecule has 0 aromatic heterocycles. The van der Waals surface area contributed by atoms with Crippen molar-refractivity contribution in [2.75, 3.05) is 26.0 Å². The average molecular weight is 533 g/mol. The molecule has 3 rings (SSSR count). The summed E-state index contributed by atoms with van der Waals surface area (Å²) in [5.41, 5.74) is 2.43. The molecule has 1 aliphatic heterocycles. The zero-order valence-electron chi connectivity index (χ0n) is 22.0. The molecule has 0 fully saturated rings. The van der Waals surface area contributed by atoms with Gasteiger partial charge >= 0.3 is 19.6 Å². The highest BCUT2D eigenvalue weighted by atomic mass is 31.2. The van der Waals surface area contributed by atoms with Crippen LogP contribution in [0.15, 0.2) is 48.5 Å². The van der Waals surface area contributed by atoms with Crippen LogP contribution in [-0.2, 0) is 42.7 Å². The van der Waals surface area contributed by atoms with Crippen molar-refractivity contribution in [1.29, 1.82) is 0 Å². The summed E-state index contributed by atoms with van der Waals surface area (Å²) in [6, 6.07) is 12.8. The minimum absolute atomic E-state index is 0.0677. The standard InChI is InChI=1S/C27H37N2O7P/c1-5-35-37(33,36-6-2)19-28(16-20(3)4)27(32)29-17-22-12-13-24(30)14-23(22)15-25(29)26(31)34-18-21-10-8-7-9-11-21/h7-14,20,25,30H,5-6,15-19H2,1-4H3. The normalized spacial score (nSPS) is 15.4. The Morgan fingerprint density at radius 1 is 1.08 bits per heavy atom. The van der Waals surface area contributed by atoms with Crippen LogP contribution in [0.2, 0.25) is 0 Å². The fraction of sp³-hybridized carbons (Fsp3) is 0.481. The highest BCUT2D eigenvalue weighted by Crippen LogP contribution is 2.49. The summed E-state index contributed by atoms with van der Waals surface area (Å²) in [6.45, 7) is 8.21. The summed E-state index contributed by atoms with van der Waals surface area (Å²) in [7, 11) is -3.58. The number of benzene rings is 2. The number of hydrogen-bond acceptors (Lipinski definition) is 7. The number of rotatable bonds is 11. The first kappa shape index (κ1) is 28.7. The monoisotopic (exact) mass is 532 g/mol. The molecule has 37 heavy (non-hydrogen) atoms. The Morgan fingerprint density at radius 3 is 2.38 bits per heavy atom. The van der Waals surface area contributed by atoms with Crippen LogP contribution in [-0.4, -0.2) is 59.0 Å². The Kier molecular flexibility index (Phi) is 10.1. The Bertz CT molecular complexity index is 1100. The molecule has 1 atom stereocenters. The van der Waals surface area contributed by atoms with Gasteiger partial charge in [0.2, 0.25) is 0 Å². The summed E-state index contributed by atoms with van der Waals surface area (Å²) in [5.74, 6) is -0.391. The van der Waals surface area contributed by atoms with Crippen molar-refractivity contribution < 1.29 is 33.0 Å². The minimum Gasteiger partial charge on any atom is -0.508 e. The first-order valence-corrected chi connectivity index (χ1v) is 14.3. The molecule has 0 saturated heterocycles. The molecule has 2 aromatic rings. The van der Waals surface area contributed by atoms with Crippen LogP contribution in [0.25, 0.3) is 0 Å². The zero-order valence-corrected chi connectivity index (χ0v) is 22.9. The van der Waals surface area contributed by atoms with E-state index in [0.29, 0.717) is 6.54 Å². The van der Waals surface area contributed by atoms with E-state index in [-0.39, 0.29) is 50.7 Å². The molecule has 0 bridgehead atoms. The van der Waals surface area contributed by atoms with Crippen molar-refractivity contribution in [3.63, 3.8) is 0 Å². The van der Waals surface area contributed by atoms with E-state index in [1.54, 1.807) is 32.0 Å². The molecule has 0 aliphatic carbocycles. The topological polar surface area (TPSA) is 106 Å². The third-order valence-corrected chi connectivity index (χ3v) is 7.90. The third-order valence-electron chi connectivity index (χ3n) is 5.91. The molecule has 1 heterocycles. The maximum atomic E-state index is 13.9. The van der Waals surface area contributed by atoms with E-state index >= 15 is 0 Å². The Labute approximate surface area is 218 Å². The summed E-state index contributed by atoms with van der Waals surface area (Å²) < 4.78 is 29.8. The fourth-order valence-corrected chi connectivity index (χ4v) is 6.02. The summed E-state index contributed by atoms with van der Waals surface area (Å²) in [5, 5.41) is 9.99. The molecule has 10 heteroatoms. The SMILES string of the molecule is CCOP(=O)(CN(CC(C)C)C(=O)N1Cc2ccc(O)cc2CC1C(=O)OCc1ccccc1)OCC. The second-order valence-corrected chi connectivity index (χ2v) is 11.4. The molecule has 0 radical (unpaired) electrons. The van der Waals surface area contributed by atoms with Gasteiger partial charge in [-0.2, -0.15) is 0 Å². The molecule has 1 aliphatic rings. The molecular weight excluding hydrogens is 495 g/mol. The largest absolute Gasteiger partial charge is 0.508 e. The number of esters is 1. The lowest BCUT2D eigenvalue weighted by Crippen LogP contribution is -2.54. The van der Waals surface area contributed by atoms with E-state index in [9.17, 15) is 19.3 Å². The van der Waals surface area contributed by atoms with Crippen molar-refractivity contribution in [3.05, 3.63) is 65.2 Å². The quantitative estimate of drug-likeness (QED) is 0.315. The number of nitrogens with zero attached hydrogens (tertiary/aromatic N) is 2. The zero-order chi connectivity index (χ0) is 27.0. The van der Waals surface area contributed by atoms with E-state index in [4.69, 9.17) is 13.8 Å². The predicted molar refractivity (Wildman–Crippen MR) is 140 cm³/mol. The molecule has 2 aromatic carbocycles. The second-order valence-electron chi connectivity index (χ2n) is 9.38. The van der Waals surface area contributed by atoms with Gasteiger partial charge in [0, 0.05) is 19.5 Å². The van der Waals surface area contributed by atoms with Gasteiger partial charge in [0.25, 0.3) is 0 Å².